The van der Waals surface area contributed by atoms with Gasteiger partial charge in [0.2, 0.25) is 0 Å². The Kier molecular flexibility index (Phi) is 6.82. The standard InChI is InChI=1S/C29H32F3NO3/c1-17-14-22(11-10-21(17)9-8-18(2)29(30,31)32)27(36)20(4)28(15-19(28)3)24-6-5-7-25-23(24)12-13-33(25)16-26(34)35/h5-7,10-14,18-19,27,36H,4,8-9,15-16H2,1-3H3,(H,34,35)/t18-,19?,27?,28?/m1/s1. The summed E-state index contributed by atoms with van der Waals surface area (Å²) >= 11 is 0. The van der Waals surface area contributed by atoms with E-state index in [0.29, 0.717) is 17.6 Å². The highest BCUT2D eigenvalue weighted by molar-refractivity contribution is 5.87. The van der Waals surface area contributed by atoms with E-state index in [9.17, 15) is 28.2 Å². The van der Waals surface area contributed by atoms with Crippen LogP contribution in [0.2, 0.25) is 0 Å². The van der Waals surface area contributed by atoms with Crippen molar-refractivity contribution < 1.29 is 28.2 Å². The molecule has 0 saturated heterocycles. The lowest BCUT2D eigenvalue weighted by Gasteiger charge is -2.26. The molecule has 0 bridgehead atoms. The molecule has 192 valence electrons. The average Bonchev–Trinajstić information content (AvgIpc) is 3.33. The van der Waals surface area contributed by atoms with Gasteiger partial charge in [0.05, 0.1) is 5.92 Å². The topological polar surface area (TPSA) is 62.5 Å². The molecular weight excluding hydrogens is 467 g/mol. The maximum atomic E-state index is 12.9. The highest BCUT2D eigenvalue weighted by Crippen LogP contribution is 2.62. The van der Waals surface area contributed by atoms with E-state index >= 15 is 0 Å². The summed E-state index contributed by atoms with van der Waals surface area (Å²) in [5.74, 6) is -2.04. The van der Waals surface area contributed by atoms with Crippen LogP contribution in [-0.4, -0.2) is 26.9 Å². The van der Waals surface area contributed by atoms with Crippen molar-refractivity contribution in [3.8, 4) is 0 Å². The van der Waals surface area contributed by atoms with Crippen LogP contribution in [-0.2, 0) is 23.2 Å². The van der Waals surface area contributed by atoms with E-state index in [4.69, 9.17) is 0 Å². The Morgan fingerprint density at radius 1 is 1.25 bits per heavy atom. The molecule has 36 heavy (non-hydrogen) atoms. The number of aliphatic carboxylic acids is 1. The maximum Gasteiger partial charge on any atom is 0.391 e. The second kappa shape index (κ2) is 9.43. The number of aryl methyl sites for hydroxylation is 2. The minimum atomic E-state index is -4.20. The minimum absolute atomic E-state index is 0.0190. The van der Waals surface area contributed by atoms with Crippen LogP contribution in [0.5, 0.6) is 0 Å². The Balaban J connectivity index is 1.59. The zero-order valence-electron chi connectivity index (χ0n) is 20.8. The second-order valence-corrected chi connectivity index (χ2v) is 10.2. The number of carboxylic acid groups (broad SMARTS) is 1. The zero-order chi connectivity index (χ0) is 26.4. The van der Waals surface area contributed by atoms with E-state index in [-0.39, 0.29) is 18.9 Å². The van der Waals surface area contributed by atoms with Crippen molar-refractivity contribution in [1.82, 2.24) is 4.57 Å². The van der Waals surface area contributed by atoms with Crippen LogP contribution >= 0.6 is 0 Å². The number of aliphatic hydroxyl groups is 1. The zero-order valence-corrected chi connectivity index (χ0v) is 20.8. The number of hydrogen-bond acceptors (Lipinski definition) is 2. The Hall–Kier alpha value is -3.06. The van der Waals surface area contributed by atoms with Crippen molar-refractivity contribution in [1.29, 1.82) is 0 Å². The third-order valence-electron chi connectivity index (χ3n) is 7.90. The van der Waals surface area contributed by atoms with E-state index in [1.54, 1.807) is 22.9 Å². The maximum absolute atomic E-state index is 12.9. The summed E-state index contributed by atoms with van der Waals surface area (Å²) in [7, 11) is 0. The molecule has 1 aliphatic rings. The molecule has 2 N–H and O–H groups in total. The summed E-state index contributed by atoms with van der Waals surface area (Å²) in [6.45, 7) is 9.35. The van der Waals surface area contributed by atoms with Gasteiger partial charge in [0.25, 0.3) is 0 Å². The molecule has 7 heteroatoms. The molecule has 4 nitrogen and oxygen atoms in total. The van der Waals surface area contributed by atoms with Gasteiger partial charge >= 0.3 is 12.1 Å². The fourth-order valence-corrected chi connectivity index (χ4v) is 5.47. The Bertz CT molecular complexity index is 1310. The molecule has 1 fully saturated rings. The first-order chi connectivity index (χ1) is 16.9. The summed E-state index contributed by atoms with van der Waals surface area (Å²) in [4.78, 5) is 11.3. The molecule has 3 unspecified atom stereocenters. The lowest BCUT2D eigenvalue weighted by molar-refractivity contribution is -0.170. The average molecular weight is 500 g/mol. The summed E-state index contributed by atoms with van der Waals surface area (Å²) in [6, 6.07) is 13.2. The van der Waals surface area contributed by atoms with Gasteiger partial charge in [-0.25, -0.2) is 0 Å². The predicted octanol–water partition coefficient (Wildman–Crippen LogP) is 6.73. The van der Waals surface area contributed by atoms with Gasteiger partial charge in [-0.15, -0.1) is 0 Å². The van der Waals surface area contributed by atoms with Crippen molar-refractivity contribution >= 4 is 16.9 Å². The highest BCUT2D eigenvalue weighted by Gasteiger charge is 2.56. The largest absolute Gasteiger partial charge is 0.480 e. The predicted molar refractivity (Wildman–Crippen MR) is 134 cm³/mol. The van der Waals surface area contributed by atoms with E-state index in [1.807, 2.05) is 37.3 Å². The molecule has 2 aromatic carbocycles. The lowest BCUT2D eigenvalue weighted by Crippen LogP contribution is -2.20. The summed E-state index contributed by atoms with van der Waals surface area (Å²) in [5.41, 5.74) is 4.43. The number of nitrogens with zero attached hydrogens (tertiary/aromatic N) is 1. The van der Waals surface area contributed by atoms with Crippen LogP contribution < -0.4 is 0 Å². The SMILES string of the molecule is C=C(C(O)c1ccc(CC[C@@H](C)C(F)(F)F)c(C)c1)C1(c2cccc3c2ccn3CC(=O)O)CC1C. The van der Waals surface area contributed by atoms with Gasteiger partial charge in [0.1, 0.15) is 12.6 Å². The summed E-state index contributed by atoms with van der Waals surface area (Å²) in [6.07, 6.45) is -2.21. The molecular formula is C29H32F3NO3. The number of carbonyl (C=O) groups is 1. The van der Waals surface area contributed by atoms with Crippen LogP contribution in [0.1, 0.15) is 55.0 Å². The second-order valence-electron chi connectivity index (χ2n) is 10.2. The van der Waals surface area contributed by atoms with Gasteiger partial charge in [-0.2, -0.15) is 13.2 Å². The molecule has 0 radical (unpaired) electrons. The van der Waals surface area contributed by atoms with E-state index < -0.39 is 29.6 Å². The van der Waals surface area contributed by atoms with E-state index in [0.717, 1.165) is 34.0 Å². The number of aromatic nitrogens is 1. The molecule has 1 aliphatic carbocycles. The number of alkyl halides is 3. The first-order valence-corrected chi connectivity index (χ1v) is 12.2. The fourth-order valence-electron chi connectivity index (χ4n) is 5.47. The number of halogens is 3. The van der Waals surface area contributed by atoms with Crippen molar-refractivity contribution in [2.24, 2.45) is 11.8 Å². The molecule has 1 heterocycles. The van der Waals surface area contributed by atoms with Crippen molar-refractivity contribution in [3.05, 3.63) is 83.1 Å². The third-order valence-corrected chi connectivity index (χ3v) is 7.90. The van der Waals surface area contributed by atoms with Crippen LogP contribution in [0.3, 0.4) is 0 Å². The first-order valence-electron chi connectivity index (χ1n) is 12.2. The van der Waals surface area contributed by atoms with Crippen LogP contribution in [0.25, 0.3) is 10.9 Å². The van der Waals surface area contributed by atoms with Crippen molar-refractivity contribution in [2.75, 3.05) is 0 Å². The van der Waals surface area contributed by atoms with E-state index in [2.05, 4.69) is 13.5 Å². The summed E-state index contributed by atoms with van der Waals surface area (Å²) in [5, 5.41) is 21.5. The number of hydrogen-bond donors (Lipinski definition) is 2. The molecule has 1 saturated carbocycles. The quantitative estimate of drug-likeness (QED) is 0.321. The van der Waals surface area contributed by atoms with E-state index in [1.165, 1.54) is 6.92 Å². The first kappa shape index (κ1) is 26.0. The van der Waals surface area contributed by atoms with Gasteiger partial charge in [0.15, 0.2) is 0 Å². The number of aliphatic hydroxyl groups excluding tert-OH is 1. The number of fused-ring (bicyclic) bond motifs is 1. The monoisotopic (exact) mass is 499 g/mol. The third kappa shape index (κ3) is 4.69. The molecule has 4 rings (SSSR count). The van der Waals surface area contributed by atoms with Gasteiger partial charge in [-0.1, -0.05) is 50.8 Å². The Morgan fingerprint density at radius 2 is 1.94 bits per heavy atom. The van der Waals surface area contributed by atoms with Crippen LogP contribution in [0.4, 0.5) is 13.2 Å². The molecule has 0 spiro atoms. The number of benzene rings is 2. The van der Waals surface area contributed by atoms with Crippen molar-refractivity contribution in [2.45, 2.75) is 64.3 Å². The Labute approximate surface area is 209 Å². The Morgan fingerprint density at radius 3 is 2.53 bits per heavy atom. The number of carboxylic acids is 1. The lowest BCUT2D eigenvalue weighted by atomic mass is 9.80. The van der Waals surface area contributed by atoms with Crippen LogP contribution in [0.15, 0.2) is 60.8 Å². The van der Waals surface area contributed by atoms with Gasteiger partial charge in [0, 0.05) is 22.5 Å². The van der Waals surface area contributed by atoms with Crippen LogP contribution in [0, 0.1) is 18.8 Å². The highest BCUT2D eigenvalue weighted by atomic mass is 19.4. The molecule has 4 atom stereocenters. The van der Waals surface area contributed by atoms with Gasteiger partial charge < -0.3 is 14.8 Å². The fraction of sp³-hybridized carbons (Fsp3) is 0.414. The number of rotatable bonds is 9. The molecule has 1 aromatic heterocycles. The smallest absolute Gasteiger partial charge is 0.391 e. The molecule has 0 aliphatic heterocycles. The molecule has 0 amide bonds. The van der Waals surface area contributed by atoms with Crippen molar-refractivity contribution in [3.63, 3.8) is 0 Å². The minimum Gasteiger partial charge on any atom is -0.480 e. The van der Waals surface area contributed by atoms with Gasteiger partial charge in [-0.05, 0) is 72.1 Å². The molecule has 3 aromatic rings. The summed E-state index contributed by atoms with van der Waals surface area (Å²) < 4.78 is 40.4. The normalized spacial score (nSPS) is 21.4. The van der Waals surface area contributed by atoms with Gasteiger partial charge in [-0.3, -0.25) is 4.79 Å².